The summed E-state index contributed by atoms with van der Waals surface area (Å²) in [6.45, 7) is 0. The maximum absolute atomic E-state index is 13.9. The fourth-order valence-electron chi connectivity index (χ4n) is 1.64. The summed E-state index contributed by atoms with van der Waals surface area (Å²) < 4.78 is 53.2. The zero-order valence-corrected chi connectivity index (χ0v) is 10.6. The molecule has 0 amide bonds. The average Bonchev–Trinajstić information content (AvgIpc) is 2.91. The largest absolute Gasteiger partial charge is 0.415 e. The molecule has 2 rings (SSSR count). The summed E-state index contributed by atoms with van der Waals surface area (Å²) in [6, 6.07) is 3.93. The molecule has 0 aliphatic heterocycles. The van der Waals surface area contributed by atoms with E-state index in [1.165, 1.54) is 26.4 Å². The molecule has 1 heterocycles. The molecule has 0 unspecified atom stereocenters. The highest BCUT2D eigenvalue weighted by Gasteiger charge is 2.19. The normalized spacial score (nSPS) is 11.6. The predicted octanol–water partition coefficient (Wildman–Crippen LogP) is 3.10. The third-order valence-corrected chi connectivity index (χ3v) is 2.56. The van der Waals surface area contributed by atoms with Gasteiger partial charge in [-0.3, -0.25) is 0 Å². The number of hydrogen-bond acceptors (Lipinski definition) is 5. The van der Waals surface area contributed by atoms with E-state index in [2.05, 4.69) is 10.2 Å². The maximum Gasteiger partial charge on any atom is 0.314 e. The molecule has 0 saturated carbocycles. The number of hydrogen-bond donors (Lipinski definition) is 0. The second-order valence-electron chi connectivity index (χ2n) is 3.79. The first-order chi connectivity index (χ1) is 9.56. The first-order valence-electron chi connectivity index (χ1n) is 5.53. The van der Waals surface area contributed by atoms with Gasteiger partial charge in [-0.25, -0.2) is 4.39 Å². The number of halogens is 3. The Labute approximate surface area is 112 Å². The van der Waals surface area contributed by atoms with Crippen LogP contribution in [0.15, 0.2) is 22.6 Å². The lowest BCUT2D eigenvalue weighted by Gasteiger charge is -2.14. The van der Waals surface area contributed by atoms with E-state index >= 15 is 0 Å². The van der Waals surface area contributed by atoms with Crippen molar-refractivity contribution in [2.75, 3.05) is 14.2 Å². The highest BCUT2D eigenvalue weighted by Crippen LogP contribution is 2.27. The molecule has 0 aliphatic carbocycles. The summed E-state index contributed by atoms with van der Waals surface area (Å²) in [7, 11) is 2.74. The maximum atomic E-state index is 13.9. The Morgan fingerprint density at radius 1 is 1.15 bits per heavy atom. The minimum absolute atomic E-state index is 0.173. The quantitative estimate of drug-likeness (QED) is 0.791. The van der Waals surface area contributed by atoms with Gasteiger partial charge in [-0.1, -0.05) is 6.07 Å². The Morgan fingerprint density at radius 3 is 2.35 bits per heavy atom. The van der Waals surface area contributed by atoms with Gasteiger partial charge in [0, 0.05) is 25.3 Å². The zero-order valence-electron chi connectivity index (χ0n) is 10.6. The van der Waals surface area contributed by atoms with Crippen molar-refractivity contribution in [3.8, 4) is 11.5 Å². The predicted molar refractivity (Wildman–Crippen MR) is 61.4 cm³/mol. The zero-order chi connectivity index (χ0) is 14.7. The summed E-state index contributed by atoms with van der Waals surface area (Å²) >= 11 is 0. The Kier molecular flexibility index (Phi) is 4.35. The minimum atomic E-state index is -2.87. The first-order valence-corrected chi connectivity index (χ1v) is 5.53. The second-order valence-corrected chi connectivity index (χ2v) is 3.79. The molecule has 5 nitrogen and oxygen atoms in total. The van der Waals surface area contributed by atoms with Crippen LogP contribution in [0.3, 0.4) is 0 Å². The molecule has 20 heavy (non-hydrogen) atoms. The van der Waals surface area contributed by atoms with E-state index < -0.39 is 24.4 Å². The Hall–Kier alpha value is -1.93. The highest BCUT2D eigenvalue weighted by molar-refractivity contribution is 5.53. The molecular weight excluding hydrogens is 277 g/mol. The van der Waals surface area contributed by atoms with Crippen LogP contribution in [0.25, 0.3) is 11.5 Å². The lowest BCUT2D eigenvalue weighted by Crippen LogP contribution is -2.06. The van der Waals surface area contributed by atoms with Crippen LogP contribution in [-0.2, 0) is 9.47 Å². The molecule has 0 bridgehead atoms. The van der Waals surface area contributed by atoms with Gasteiger partial charge < -0.3 is 13.9 Å². The number of aromatic nitrogens is 2. The fourth-order valence-corrected chi connectivity index (χ4v) is 1.64. The van der Waals surface area contributed by atoms with Gasteiger partial charge in [0.2, 0.25) is 5.89 Å². The van der Waals surface area contributed by atoms with E-state index in [1.54, 1.807) is 0 Å². The molecule has 1 aromatic heterocycles. The van der Waals surface area contributed by atoms with E-state index in [1.807, 2.05) is 0 Å². The number of benzene rings is 1. The van der Waals surface area contributed by atoms with E-state index in [-0.39, 0.29) is 17.0 Å². The molecule has 0 radical (unpaired) electrons. The van der Waals surface area contributed by atoms with Crippen molar-refractivity contribution in [2.24, 2.45) is 0 Å². The van der Waals surface area contributed by atoms with Gasteiger partial charge in [0.05, 0.1) is 0 Å². The van der Waals surface area contributed by atoms with Gasteiger partial charge in [0.1, 0.15) is 5.82 Å². The molecule has 108 valence electrons. The van der Waals surface area contributed by atoms with Crippen LogP contribution < -0.4 is 0 Å². The van der Waals surface area contributed by atoms with Crippen molar-refractivity contribution >= 4 is 0 Å². The van der Waals surface area contributed by atoms with Crippen molar-refractivity contribution in [3.63, 3.8) is 0 Å². The van der Waals surface area contributed by atoms with Gasteiger partial charge in [0.25, 0.3) is 5.89 Å². The van der Waals surface area contributed by atoms with Gasteiger partial charge in [-0.15, -0.1) is 10.2 Å². The Morgan fingerprint density at radius 2 is 1.85 bits per heavy atom. The van der Waals surface area contributed by atoms with E-state index in [9.17, 15) is 13.2 Å². The second kappa shape index (κ2) is 6.02. The highest BCUT2D eigenvalue weighted by atomic mass is 19.3. The molecule has 0 saturated heterocycles. The summed E-state index contributed by atoms with van der Waals surface area (Å²) in [5.74, 6) is -1.62. The molecule has 0 atom stereocenters. The molecule has 0 aliphatic rings. The number of alkyl halides is 2. The standard InChI is InChI=1S/C12H11F3N2O3/c1-18-12(19-2)7-4-3-6(5-8(7)13)10-16-17-11(20-10)9(14)15/h3-5,9,12H,1-2H3. The summed E-state index contributed by atoms with van der Waals surface area (Å²) in [5, 5.41) is 6.61. The molecular formula is C12H11F3N2O3. The Bertz CT molecular complexity index is 585. The van der Waals surface area contributed by atoms with Crippen molar-refractivity contribution in [2.45, 2.75) is 12.7 Å². The first kappa shape index (κ1) is 14.5. The molecule has 0 N–H and O–H groups in total. The van der Waals surface area contributed by atoms with Crippen LogP contribution in [0.2, 0.25) is 0 Å². The van der Waals surface area contributed by atoms with E-state index in [0.717, 1.165) is 6.07 Å². The molecule has 0 fully saturated rings. The van der Waals surface area contributed by atoms with Crippen LogP contribution in [0.5, 0.6) is 0 Å². The van der Waals surface area contributed by atoms with Crippen LogP contribution in [0.1, 0.15) is 24.2 Å². The SMILES string of the molecule is COC(OC)c1ccc(-c2nnc(C(F)F)o2)cc1F. The van der Waals surface area contributed by atoms with E-state index in [0.29, 0.717) is 0 Å². The van der Waals surface area contributed by atoms with Crippen molar-refractivity contribution < 1.29 is 27.1 Å². The lowest BCUT2D eigenvalue weighted by atomic mass is 10.1. The van der Waals surface area contributed by atoms with Crippen LogP contribution in [-0.4, -0.2) is 24.4 Å². The molecule has 0 spiro atoms. The minimum Gasteiger partial charge on any atom is -0.415 e. The number of methoxy groups -OCH3 is 2. The van der Waals surface area contributed by atoms with Gasteiger partial charge >= 0.3 is 6.43 Å². The third kappa shape index (κ3) is 2.81. The van der Waals surface area contributed by atoms with Crippen molar-refractivity contribution in [1.82, 2.24) is 10.2 Å². The average molecular weight is 288 g/mol. The van der Waals surface area contributed by atoms with Crippen LogP contribution in [0, 0.1) is 5.82 Å². The summed E-state index contributed by atoms with van der Waals surface area (Å²) in [5.41, 5.74) is 0.365. The third-order valence-electron chi connectivity index (χ3n) is 2.56. The number of nitrogens with zero attached hydrogens (tertiary/aromatic N) is 2. The summed E-state index contributed by atoms with van der Waals surface area (Å²) in [4.78, 5) is 0. The topological polar surface area (TPSA) is 57.4 Å². The fraction of sp³-hybridized carbons (Fsp3) is 0.333. The van der Waals surface area contributed by atoms with Crippen molar-refractivity contribution in [1.29, 1.82) is 0 Å². The molecule has 1 aromatic carbocycles. The Balaban J connectivity index is 2.32. The monoisotopic (exact) mass is 288 g/mol. The summed E-state index contributed by atoms with van der Waals surface area (Å²) in [6.07, 6.45) is -3.73. The van der Waals surface area contributed by atoms with Crippen LogP contribution >= 0.6 is 0 Å². The van der Waals surface area contributed by atoms with Gasteiger partial charge in [-0.05, 0) is 12.1 Å². The molecule has 8 heteroatoms. The number of ether oxygens (including phenoxy) is 2. The van der Waals surface area contributed by atoms with Gasteiger partial charge in [-0.2, -0.15) is 8.78 Å². The molecule has 2 aromatic rings. The van der Waals surface area contributed by atoms with Crippen LogP contribution in [0.4, 0.5) is 13.2 Å². The van der Waals surface area contributed by atoms with E-state index in [4.69, 9.17) is 13.9 Å². The van der Waals surface area contributed by atoms with Crippen molar-refractivity contribution in [3.05, 3.63) is 35.5 Å². The van der Waals surface area contributed by atoms with Gasteiger partial charge in [0.15, 0.2) is 6.29 Å². The lowest BCUT2D eigenvalue weighted by molar-refractivity contribution is -0.107. The number of rotatable bonds is 5. The smallest absolute Gasteiger partial charge is 0.314 e.